The number of rotatable bonds is 4. The van der Waals surface area contributed by atoms with Gasteiger partial charge in [-0.15, -0.1) is 0 Å². The minimum Gasteiger partial charge on any atom is -0.330 e. The van der Waals surface area contributed by atoms with Gasteiger partial charge in [-0.3, -0.25) is 0 Å². The van der Waals surface area contributed by atoms with Crippen LogP contribution in [0.3, 0.4) is 0 Å². The molecule has 0 aromatic heterocycles. The van der Waals surface area contributed by atoms with E-state index in [1.165, 1.54) is 22.3 Å². The fourth-order valence-corrected chi connectivity index (χ4v) is 2.27. The van der Waals surface area contributed by atoms with Gasteiger partial charge in [0.2, 0.25) is 0 Å². The Morgan fingerprint density at radius 1 is 0.944 bits per heavy atom. The fraction of sp³-hybridized carbons (Fsp3) is 0.294. The lowest BCUT2D eigenvalue weighted by molar-refractivity contribution is 0.693. The van der Waals surface area contributed by atoms with Crippen LogP contribution in [0.5, 0.6) is 0 Å². The molecule has 1 heteroatoms. The minimum absolute atomic E-state index is 0.410. The number of hydrogen-bond acceptors (Lipinski definition) is 1. The topological polar surface area (TPSA) is 26.0 Å². The SMILES string of the molecule is Cc1ccc(CC(CN)c2cccc(C)c2)cc1. The van der Waals surface area contributed by atoms with Crippen molar-refractivity contribution >= 4 is 0 Å². The third-order valence-electron chi connectivity index (χ3n) is 3.40. The van der Waals surface area contributed by atoms with Gasteiger partial charge in [-0.25, -0.2) is 0 Å². The van der Waals surface area contributed by atoms with Gasteiger partial charge in [0.1, 0.15) is 0 Å². The Kier molecular flexibility index (Phi) is 4.16. The van der Waals surface area contributed by atoms with Crippen LogP contribution in [0, 0.1) is 13.8 Å². The van der Waals surface area contributed by atoms with Crippen LogP contribution in [0.4, 0.5) is 0 Å². The molecular formula is C17H21N. The summed E-state index contributed by atoms with van der Waals surface area (Å²) in [5.41, 5.74) is 11.2. The van der Waals surface area contributed by atoms with Gasteiger partial charge in [-0.1, -0.05) is 59.7 Å². The molecule has 0 aliphatic carbocycles. The average molecular weight is 239 g/mol. The van der Waals surface area contributed by atoms with Crippen LogP contribution in [-0.4, -0.2) is 6.54 Å². The van der Waals surface area contributed by atoms with E-state index in [4.69, 9.17) is 5.73 Å². The maximum Gasteiger partial charge on any atom is 0.000167 e. The molecule has 0 amide bonds. The Morgan fingerprint density at radius 3 is 2.28 bits per heavy atom. The molecule has 0 heterocycles. The molecule has 0 saturated heterocycles. The van der Waals surface area contributed by atoms with Crippen molar-refractivity contribution in [3.63, 3.8) is 0 Å². The standard InChI is InChI=1S/C17H21N/c1-13-6-8-15(9-7-13)11-17(12-18)16-5-3-4-14(2)10-16/h3-10,17H,11-12,18H2,1-2H3. The average Bonchev–Trinajstić information content (AvgIpc) is 2.38. The van der Waals surface area contributed by atoms with Gasteiger partial charge in [0.15, 0.2) is 0 Å². The van der Waals surface area contributed by atoms with Gasteiger partial charge < -0.3 is 5.73 Å². The van der Waals surface area contributed by atoms with Crippen molar-refractivity contribution in [1.29, 1.82) is 0 Å². The van der Waals surface area contributed by atoms with E-state index in [-0.39, 0.29) is 0 Å². The van der Waals surface area contributed by atoms with Crippen LogP contribution in [-0.2, 0) is 6.42 Å². The first-order valence-electron chi connectivity index (χ1n) is 6.51. The summed E-state index contributed by atoms with van der Waals surface area (Å²) in [5.74, 6) is 0.410. The molecule has 1 nitrogen and oxygen atoms in total. The van der Waals surface area contributed by atoms with Gasteiger partial charge in [0.05, 0.1) is 0 Å². The highest BCUT2D eigenvalue weighted by Crippen LogP contribution is 2.21. The van der Waals surface area contributed by atoms with E-state index in [0.29, 0.717) is 12.5 Å². The molecular weight excluding hydrogens is 218 g/mol. The molecule has 2 aromatic carbocycles. The maximum atomic E-state index is 5.93. The molecule has 2 N–H and O–H groups in total. The number of nitrogens with two attached hydrogens (primary N) is 1. The third-order valence-corrected chi connectivity index (χ3v) is 3.40. The molecule has 2 rings (SSSR count). The highest BCUT2D eigenvalue weighted by atomic mass is 14.5. The zero-order chi connectivity index (χ0) is 13.0. The second-order valence-corrected chi connectivity index (χ2v) is 5.04. The van der Waals surface area contributed by atoms with Crippen molar-refractivity contribution < 1.29 is 0 Å². The van der Waals surface area contributed by atoms with Gasteiger partial charge in [-0.05, 0) is 37.9 Å². The zero-order valence-electron chi connectivity index (χ0n) is 11.2. The Hall–Kier alpha value is -1.60. The molecule has 0 spiro atoms. The van der Waals surface area contributed by atoms with Crippen LogP contribution in [0.15, 0.2) is 48.5 Å². The second-order valence-electron chi connectivity index (χ2n) is 5.04. The predicted octanol–water partition coefficient (Wildman–Crippen LogP) is 3.59. The Morgan fingerprint density at radius 2 is 1.67 bits per heavy atom. The number of hydrogen-bond donors (Lipinski definition) is 1. The largest absolute Gasteiger partial charge is 0.330 e. The highest BCUT2D eigenvalue weighted by Gasteiger charge is 2.10. The molecule has 2 aromatic rings. The van der Waals surface area contributed by atoms with Crippen LogP contribution >= 0.6 is 0 Å². The van der Waals surface area contributed by atoms with E-state index in [0.717, 1.165) is 6.42 Å². The molecule has 1 atom stereocenters. The molecule has 94 valence electrons. The molecule has 0 aliphatic heterocycles. The molecule has 0 aliphatic rings. The summed E-state index contributed by atoms with van der Waals surface area (Å²) >= 11 is 0. The first-order chi connectivity index (χ1) is 8.69. The minimum atomic E-state index is 0.410. The van der Waals surface area contributed by atoms with Crippen molar-refractivity contribution in [2.45, 2.75) is 26.2 Å². The van der Waals surface area contributed by atoms with Crippen LogP contribution in [0.25, 0.3) is 0 Å². The summed E-state index contributed by atoms with van der Waals surface area (Å²) in [5, 5.41) is 0. The summed E-state index contributed by atoms with van der Waals surface area (Å²) in [7, 11) is 0. The van der Waals surface area contributed by atoms with E-state index < -0.39 is 0 Å². The quantitative estimate of drug-likeness (QED) is 0.867. The van der Waals surface area contributed by atoms with Crippen molar-refractivity contribution in [2.24, 2.45) is 5.73 Å². The molecule has 0 bridgehead atoms. The van der Waals surface area contributed by atoms with Crippen LogP contribution in [0.2, 0.25) is 0 Å². The summed E-state index contributed by atoms with van der Waals surface area (Å²) in [6, 6.07) is 17.4. The Bertz CT molecular complexity index is 499. The van der Waals surface area contributed by atoms with E-state index in [9.17, 15) is 0 Å². The van der Waals surface area contributed by atoms with Crippen molar-refractivity contribution in [3.05, 3.63) is 70.8 Å². The first-order valence-corrected chi connectivity index (χ1v) is 6.51. The summed E-state index contributed by atoms with van der Waals surface area (Å²) < 4.78 is 0. The van der Waals surface area contributed by atoms with Gasteiger partial charge >= 0.3 is 0 Å². The van der Waals surface area contributed by atoms with Crippen molar-refractivity contribution in [1.82, 2.24) is 0 Å². The number of benzene rings is 2. The Balaban J connectivity index is 2.17. The second kappa shape index (κ2) is 5.83. The van der Waals surface area contributed by atoms with E-state index in [2.05, 4.69) is 62.4 Å². The van der Waals surface area contributed by atoms with E-state index >= 15 is 0 Å². The van der Waals surface area contributed by atoms with Gasteiger partial charge in [0.25, 0.3) is 0 Å². The lowest BCUT2D eigenvalue weighted by Crippen LogP contribution is -2.15. The smallest absolute Gasteiger partial charge is 0.000167 e. The summed E-state index contributed by atoms with van der Waals surface area (Å²) in [4.78, 5) is 0. The van der Waals surface area contributed by atoms with Crippen molar-refractivity contribution in [2.75, 3.05) is 6.54 Å². The number of aryl methyl sites for hydroxylation is 2. The van der Waals surface area contributed by atoms with Gasteiger partial charge in [-0.2, -0.15) is 0 Å². The van der Waals surface area contributed by atoms with Crippen LogP contribution in [0.1, 0.15) is 28.2 Å². The maximum absolute atomic E-state index is 5.93. The highest BCUT2D eigenvalue weighted by molar-refractivity contribution is 5.29. The molecule has 0 saturated carbocycles. The third kappa shape index (κ3) is 3.21. The van der Waals surface area contributed by atoms with E-state index in [1.807, 2.05) is 0 Å². The molecule has 18 heavy (non-hydrogen) atoms. The summed E-state index contributed by atoms with van der Waals surface area (Å²) in [6.45, 7) is 4.94. The monoisotopic (exact) mass is 239 g/mol. The lowest BCUT2D eigenvalue weighted by atomic mass is 9.91. The molecule has 0 fully saturated rings. The first kappa shape index (κ1) is 12.8. The van der Waals surface area contributed by atoms with Crippen LogP contribution < -0.4 is 5.73 Å². The van der Waals surface area contributed by atoms with E-state index in [1.54, 1.807) is 0 Å². The Labute approximate surface area is 110 Å². The lowest BCUT2D eigenvalue weighted by Gasteiger charge is -2.16. The van der Waals surface area contributed by atoms with Gasteiger partial charge in [0, 0.05) is 5.92 Å². The normalized spacial score (nSPS) is 12.4. The fourth-order valence-electron chi connectivity index (χ4n) is 2.27. The molecule has 0 radical (unpaired) electrons. The zero-order valence-corrected chi connectivity index (χ0v) is 11.2. The predicted molar refractivity (Wildman–Crippen MR) is 77.9 cm³/mol. The van der Waals surface area contributed by atoms with Crippen molar-refractivity contribution in [3.8, 4) is 0 Å². The summed E-state index contributed by atoms with van der Waals surface area (Å²) in [6.07, 6.45) is 1.01. The molecule has 1 unspecified atom stereocenters.